The van der Waals surface area contributed by atoms with Crippen molar-refractivity contribution in [1.29, 1.82) is 0 Å². The van der Waals surface area contributed by atoms with E-state index >= 15 is 0 Å². The number of nitrogens with one attached hydrogen (secondary N) is 1. The molecule has 1 heterocycles. The molecule has 1 N–H and O–H groups in total. The van der Waals surface area contributed by atoms with Crippen LogP contribution in [0, 0.1) is 5.92 Å². The molecular formula is C13H16BrNO2. The lowest BCUT2D eigenvalue weighted by atomic mass is 9.98. The summed E-state index contributed by atoms with van der Waals surface area (Å²) in [6.07, 6.45) is 1.77. The number of piperidine rings is 1. The first-order valence-electron chi connectivity index (χ1n) is 5.88. The summed E-state index contributed by atoms with van der Waals surface area (Å²) in [5.74, 6) is 0.000917. The van der Waals surface area contributed by atoms with Crippen LogP contribution in [0.5, 0.6) is 0 Å². The molecule has 0 saturated carbocycles. The summed E-state index contributed by atoms with van der Waals surface area (Å²) in [7, 11) is 0. The van der Waals surface area contributed by atoms with E-state index in [4.69, 9.17) is 4.74 Å². The van der Waals surface area contributed by atoms with E-state index < -0.39 is 0 Å². The average molecular weight is 298 g/mol. The first-order chi connectivity index (χ1) is 8.27. The normalized spacial score (nSPS) is 16.8. The molecule has 0 spiro atoms. The second kappa shape index (κ2) is 6.17. The Balaban J connectivity index is 1.85. The zero-order chi connectivity index (χ0) is 12.1. The van der Waals surface area contributed by atoms with Crippen LogP contribution in [-0.2, 0) is 16.1 Å². The average Bonchev–Trinajstić information content (AvgIpc) is 2.38. The highest BCUT2D eigenvalue weighted by Gasteiger charge is 2.22. The summed E-state index contributed by atoms with van der Waals surface area (Å²) in [4.78, 5) is 11.8. The van der Waals surface area contributed by atoms with Crippen LogP contribution in [0.15, 0.2) is 28.7 Å². The number of rotatable bonds is 3. The van der Waals surface area contributed by atoms with E-state index in [1.54, 1.807) is 0 Å². The second-order valence-corrected chi connectivity index (χ2v) is 5.08. The minimum Gasteiger partial charge on any atom is -0.461 e. The van der Waals surface area contributed by atoms with Crippen LogP contribution < -0.4 is 5.32 Å². The van der Waals surface area contributed by atoms with E-state index in [1.807, 2.05) is 24.3 Å². The third kappa shape index (κ3) is 3.54. The van der Waals surface area contributed by atoms with Crippen LogP contribution >= 0.6 is 15.9 Å². The molecule has 4 heteroatoms. The van der Waals surface area contributed by atoms with Crippen LogP contribution in [0.25, 0.3) is 0 Å². The maximum atomic E-state index is 11.8. The highest BCUT2D eigenvalue weighted by molar-refractivity contribution is 9.10. The smallest absolute Gasteiger partial charge is 0.309 e. The van der Waals surface area contributed by atoms with Crippen molar-refractivity contribution in [2.75, 3.05) is 13.1 Å². The fourth-order valence-electron chi connectivity index (χ4n) is 1.94. The lowest BCUT2D eigenvalue weighted by Gasteiger charge is -2.21. The van der Waals surface area contributed by atoms with Crippen molar-refractivity contribution in [2.45, 2.75) is 19.4 Å². The Morgan fingerprint density at radius 3 is 2.76 bits per heavy atom. The summed E-state index contributed by atoms with van der Waals surface area (Å²) < 4.78 is 6.34. The quantitative estimate of drug-likeness (QED) is 0.871. The van der Waals surface area contributed by atoms with Crippen LogP contribution in [0.1, 0.15) is 18.4 Å². The number of carbonyl (C=O) groups is 1. The number of halogens is 1. The summed E-state index contributed by atoms with van der Waals surface area (Å²) in [6.45, 7) is 2.17. The molecule has 1 saturated heterocycles. The summed E-state index contributed by atoms with van der Waals surface area (Å²) in [5.41, 5.74) is 1.01. The second-order valence-electron chi connectivity index (χ2n) is 4.22. The van der Waals surface area contributed by atoms with Gasteiger partial charge in [0.15, 0.2) is 0 Å². The van der Waals surface area contributed by atoms with Gasteiger partial charge in [0.25, 0.3) is 0 Å². The van der Waals surface area contributed by atoms with Gasteiger partial charge in [-0.25, -0.2) is 0 Å². The van der Waals surface area contributed by atoms with Crippen molar-refractivity contribution in [1.82, 2.24) is 5.32 Å². The number of carbonyl (C=O) groups excluding carboxylic acids is 1. The lowest BCUT2D eigenvalue weighted by Crippen LogP contribution is -2.32. The van der Waals surface area contributed by atoms with Gasteiger partial charge in [-0.3, -0.25) is 4.79 Å². The molecule has 1 aromatic carbocycles. The molecule has 0 amide bonds. The first kappa shape index (κ1) is 12.6. The van der Waals surface area contributed by atoms with Gasteiger partial charge < -0.3 is 10.1 Å². The van der Waals surface area contributed by atoms with Gasteiger partial charge >= 0.3 is 5.97 Å². The van der Waals surface area contributed by atoms with Gasteiger partial charge in [-0.15, -0.1) is 0 Å². The maximum Gasteiger partial charge on any atom is 0.309 e. The van der Waals surface area contributed by atoms with Crippen molar-refractivity contribution in [2.24, 2.45) is 5.92 Å². The zero-order valence-corrected chi connectivity index (χ0v) is 11.2. The van der Waals surface area contributed by atoms with Gasteiger partial charge in [0, 0.05) is 10.0 Å². The summed E-state index contributed by atoms with van der Waals surface area (Å²) in [6, 6.07) is 7.80. The van der Waals surface area contributed by atoms with E-state index in [2.05, 4.69) is 21.2 Å². The van der Waals surface area contributed by atoms with E-state index in [-0.39, 0.29) is 11.9 Å². The van der Waals surface area contributed by atoms with Gasteiger partial charge in [0.05, 0.1) is 5.92 Å². The topological polar surface area (TPSA) is 38.3 Å². The molecule has 1 aromatic rings. The molecule has 1 aliphatic heterocycles. The number of benzene rings is 1. The van der Waals surface area contributed by atoms with Crippen LogP contribution in [0.2, 0.25) is 0 Å². The van der Waals surface area contributed by atoms with Crippen LogP contribution in [0.4, 0.5) is 0 Å². The molecule has 0 atom stereocenters. The number of hydrogen-bond donors (Lipinski definition) is 1. The predicted octanol–water partition coefficient (Wildman–Crippen LogP) is 2.49. The summed E-state index contributed by atoms with van der Waals surface area (Å²) in [5, 5.41) is 3.24. The van der Waals surface area contributed by atoms with Gasteiger partial charge in [-0.2, -0.15) is 0 Å². The minimum atomic E-state index is -0.0674. The summed E-state index contributed by atoms with van der Waals surface area (Å²) >= 11 is 3.44. The van der Waals surface area contributed by atoms with E-state index in [9.17, 15) is 4.79 Å². The molecule has 0 bridgehead atoms. The van der Waals surface area contributed by atoms with Gasteiger partial charge in [0.2, 0.25) is 0 Å². The maximum absolute atomic E-state index is 11.8. The standard InChI is InChI=1S/C13H16BrNO2/c14-12-4-2-1-3-11(12)9-17-13(16)10-5-7-15-8-6-10/h1-4,10,15H,5-9H2. The highest BCUT2D eigenvalue weighted by Crippen LogP contribution is 2.19. The molecule has 92 valence electrons. The molecular weight excluding hydrogens is 282 g/mol. The van der Waals surface area contributed by atoms with Crippen molar-refractivity contribution >= 4 is 21.9 Å². The molecule has 3 nitrogen and oxygen atoms in total. The minimum absolute atomic E-state index is 0.0674. The molecule has 1 aliphatic rings. The molecule has 0 aliphatic carbocycles. The van der Waals surface area contributed by atoms with Gasteiger partial charge in [0.1, 0.15) is 6.61 Å². The Morgan fingerprint density at radius 2 is 2.06 bits per heavy atom. The Morgan fingerprint density at radius 1 is 1.35 bits per heavy atom. The van der Waals surface area contributed by atoms with E-state index in [0.29, 0.717) is 6.61 Å². The molecule has 1 fully saturated rings. The van der Waals surface area contributed by atoms with Crippen LogP contribution in [-0.4, -0.2) is 19.1 Å². The first-order valence-corrected chi connectivity index (χ1v) is 6.67. The van der Waals surface area contributed by atoms with Crippen molar-refractivity contribution in [3.8, 4) is 0 Å². The third-order valence-corrected chi connectivity index (χ3v) is 3.77. The molecule has 17 heavy (non-hydrogen) atoms. The van der Waals surface area contributed by atoms with Gasteiger partial charge in [-0.05, 0) is 32.0 Å². The van der Waals surface area contributed by atoms with E-state index in [1.165, 1.54) is 0 Å². The third-order valence-electron chi connectivity index (χ3n) is 3.00. The fourth-order valence-corrected chi connectivity index (χ4v) is 2.34. The SMILES string of the molecule is O=C(OCc1ccccc1Br)C1CCNCC1. The van der Waals surface area contributed by atoms with Crippen molar-refractivity contribution < 1.29 is 9.53 Å². The zero-order valence-electron chi connectivity index (χ0n) is 9.62. The van der Waals surface area contributed by atoms with Crippen LogP contribution in [0.3, 0.4) is 0 Å². The largest absolute Gasteiger partial charge is 0.461 e. The fraction of sp³-hybridized carbons (Fsp3) is 0.462. The van der Waals surface area contributed by atoms with E-state index in [0.717, 1.165) is 36.0 Å². The molecule has 0 aromatic heterocycles. The van der Waals surface area contributed by atoms with Crippen molar-refractivity contribution in [3.63, 3.8) is 0 Å². The molecule has 0 radical (unpaired) electrons. The molecule has 0 unspecified atom stereocenters. The molecule has 2 rings (SSSR count). The van der Waals surface area contributed by atoms with Crippen molar-refractivity contribution in [3.05, 3.63) is 34.3 Å². The number of esters is 1. The lowest BCUT2D eigenvalue weighted by molar-refractivity contribution is -0.150. The number of ether oxygens (including phenoxy) is 1. The Labute approximate surface area is 110 Å². The Bertz CT molecular complexity index is 389. The monoisotopic (exact) mass is 297 g/mol. The Hall–Kier alpha value is -0.870. The Kier molecular flexibility index (Phi) is 4.57. The number of hydrogen-bond acceptors (Lipinski definition) is 3. The van der Waals surface area contributed by atoms with Gasteiger partial charge in [-0.1, -0.05) is 34.1 Å². The predicted molar refractivity (Wildman–Crippen MR) is 69.5 cm³/mol. The highest BCUT2D eigenvalue weighted by atomic mass is 79.9.